The monoisotopic (exact) mass is 389 g/mol. The average molecular weight is 389 g/mol. The Balaban J connectivity index is 1.68. The topological polar surface area (TPSA) is 74.1 Å². The fraction of sp³-hybridized carbons (Fsp3) is 0.333. The van der Waals surface area contributed by atoms with Gasteiger partial charge in [0.2, 0.25) is 0 Å². The zero-order valence-electron chi connectivity index (χ0n) is 17.0. The van der Waals surface area contributed by atoms with E-state index in [2.05, 4.69) is 28.8 Å². The van der Waals surface area contributed by atoms with E-state index in [1.807, 2.05) is 44.2 Å². The summed E-state index contributed by atoms with van der Waals surface area (Å²) in [5.74, 6) is 0.269. The lowest BCUT2D eigenvalue weighted by atomic mass is 9.89. The van der Waals surface area contributed by atoms with E-state index in [1.165, 1.54) is 30.2 Å². The number of carbonyl (C=O) groups excluding carboxylic acids is 1. The fourth-order valence-electron chi connectivity index (χ4n) is 3.55. The van der Waals surface area contributed by atoms with Crippen LogP contribution in [0.4, 0.5) is 5.69 Å². The second-order valence-electron chi connectivity index (χ2n) is 7.17. The molecule has 0 fully saturated rings. The maximum Gasteiger partial charge on any atom is 0.263 e. The predicted molar refractivity (Wildman–Crippen MR) is 115 cm³/mol. The highest BCUT2D eigenvalue weighted by Crippen LogP contribution is 2.25. The SMILES string of the molecule is CCOc1ccccc1N/C=C(/C#N)C(=O)NC(C)c1ccc2c(c1)CCCC2. The Morgan fingerprint density at radius 1 is 1.21 bits per heavy atom. The Morgan fingerprint density at radius 3 is 2.72 bits per heavy atom. The maximum absolute atomic E-state index is 12.6. The minimum absolute atomic E-state index is 0.0149. The molecule has 0 aromatic heterocycles. The molecule has 0 bridgehead atoms. The Labute approximate surface area is 172 Å². The van der Waals surface area contributed by atoms with Crippen molar-refractivity contribution in [3.05, 3.63) is 70.9 Å². The molecule has 1 atom stereocenters. The van der Waals surface area contributed by atoms with E-state index < -0.39 is 5.91 Å². The third-order valence-corrected chi connectivity index (χ3v) is 5.14. The molecule has 0 aliphatic heterocycles. The number of ether oxygens (including phenoxy) is 1. The molecule has 0 spiro atoms. The maximum atomic E-state index is 12.6. The Hall–Kier alpha value is -3.26. The molecule has 0 saturated heterocycles. The molecule has 5 heteroatoms. The van der Waals surface area contributed by atoms with Gasteiger partial charge in [0.05, 0.1) is 18.3 Å². The molecule has 2 aromatic carbocycles. The zero-order chi connectivity index (χ0) is 20.6. The van der Waals surface area contributed by atoms with E-state index in [0.29, 0.717) is 18.0 Å². The smallest absolute Gasteiger partial charge is 0.263 e. The lowest BCUT2D eigenvalue weighted by Gasteiger charge is -2.20. The summed E-state index contributed by atoms with van der Waals surface area (Å²) in [4.78, 5) is 12.6. The lowest BCUT2D eigenvalue weighted by molar-refractivity contribution is -0.117. The van der Waals surface area contributed by atoms with Gasteiger partial charge in [-0.2, -0.15) is 5.26 Å². The van der Waals surface area contributed by atoms with Gasteiger partial charge < -0.3 is 15.4 Å². The number of benzene rings is 2. The number of nitrogens with one attached hydrogen (secondary N) is 2. The largest absolute Gasteiger partial charge is 0.492 e. The normalized spacial score (nSPS) is 14.3. The van der Waals surface area contributed by atoms with Crippen LogP contribution in [0.25, 0.3) is 0 Å². The van der Waals surface area contributed by atoms with Gasteiger partial charge in [-0.25, -0.2) is 0 Å². The zero-order valence-corrected chi connectivity index (χ0v) is 17.0. The Morgan fingerprint density at radius 2 is 1.97 bits per heavy atom. The van der Waals surface area contributed by atoms with Crippen LogP contribution < -0.4 is 15.4 Å². The second kappa shape index (κ2) is 9.79. The highest BCUT2D eigenvalue weighted by molar-refractivity contribution is 5.97. The summed E-state index contributed by atoms with van der Waals surface area (Å²) in [6, 6.07) is 15.6. The molecule has 2 N–H and O–H groups in total. The standard InChI is InChI=1S/C24H27N3O2/c1-3-29-23-11-7-6-10-22(23)26-16-21(15-25)24(28)27-17(2)19-13-12-18-8-4-5-9-20(18)14-19/h6-7,10-14,16-17,26H,3-5,8-9H2,1-2H3,(H,27,28)/b21-16-. The summed E-state index contributed by atoms with van der Waals surface area (Å²) < 4.78 is 5.56. The predicted octanol–water partition coefficient (Wildman–Crippen LogP) is 4.66. The van der Waals surface area contributed by atoms with Gasteiger partial charge in [0.15, 0.2) is 0 Å². The number of aryl methyl sites for hydroxylation is 2. The quantitative estimate of drug-likeness (QED) is 0.533. The first-order chi connectivity index (χ1) is 14.1. The van der Waals surface area contributed by atoms with Crippen molar-refractivity contribution in [2.45, 2.75) is 45.6 Å². The van der Waals surface area contributed by atoms with Gasteiger partial charge in [-0.15, -0.1) is 0 Å². The number of carbonyl (C=O) groups is 1. The number of hydrogen-bond acceptors (Lipinski definition) is 4. The van der Waals surface area contributed by atoms with Crippen LogP contribution >= 0.6 is 0 Å². The van der Waals surface area contributed by atoms with Crippen molar-refractivity contribution in [2.24, 2.45) is 0 Å². The number of rotatable bonds is 7. The van der Waals surface area contributed by atoms with Crippen molar-refractivity contribution in [3.8, 4) is 11.8 Å². The number of nitrogens with zero attached hydrogens (tertiary/aromatic N) is 1. The first-order valence-electron chi connectivity index (χ1n) is 10.1. The van der Waals surface area contributed by atoms with Crippen LogP contribution in [0.2, 0.25) is 0 Å². The molecule has 29 heavy (non-hydrogen) atoms. The molecule has 1 unspecified atom stereocenters. The average Bonchev–Trinajstić information content (AvgIpc) is 2.75. The van der Waals surface area contributed by atoms with Crippen LogP contribution in [0.3, 0.4) is 0 Å². The molecular weight excluding hydrogens is 362 g/mol. The fourth-order valence-corrected chi connectivity index (χ4v) is 3.55. The molecule has 5 nitrogen and oxygen atoms in total. The van der Waals surface area contributed by atoms with Crippen molar-refractivity contribution < 1.29 is 9.53 Å². The minimum atomic E-state index is -0.404. The highest BCUT2D eigenvalue weighted by atomic mass is 16.5. The third kappa shape index (κ3) is 5.17. The number of hydrogen-bond donors (Lipinski definition) is 2. The number of amides is 1. The summed E-state index contributed by atoms with van der Waals surface area (Å²) in [6.45, 7) is 4.38. The van der Waals surface area contributed by atoms with E-state index in [0.717, 1.165) is 18.4 Å². The van der Waals surface area contributed by atoms with Gasteiger partial charge in [-0.05, 0) is 68.4 Å². The van der Waals surface area contributed by atoms with E-state index >= 15 is 0 Å². The summed E-state index contributed by atoms with van der Waals surface area (Å²) in [5.41, 5.74) is 4.57. The van der Waals surface area contributed by atoms with Gasteiger partial charge in [-0.1, -0.05) is 30.3 Å². The van der Waals surface area contributed by atoms with Crippen LogP contribution in [0, 0.1) is 11.3 Å². The molecule has 1 aliphatic carbocycles. The van der Waals surface area contributed by atoms with Gasteiger partial charge in [0.1, 0.15) is 17.4 Å². The van der Waals surface area contributed by atoms with Crippen molar-refractivity contribution in [1.29, 1.82) is 5.26 Å². The van der Waals surface area contributed by atoms with E-state index in [9.17, 15) is 10.1 Å². The highest BCUT2D eigenvalue weighted by Gasteiger charge is 2.16. The molecule has 0 saturated carbocycles. The molecule has 1 amide bonds. The lowest BCUT2D eigenvalue weighted by Crippen LogP contribution is -2.28. The van der Waals surface area contributed by atoms with E-state index in [4.69, 9.17) is 4.74 Å². The molecule has 1 aliphatic rings. The number of nitriles is 1. The first kappa shape index (κ1) is 20.5. The van der Waals surface area contributed by atoms with Crippen LogP contribution in [0.15, 0.2) is 54.2 Å². The number of para-hydroxylation sites is 2. The summed E-state index contributed by atoms with van der Waals surface area (Å²) in [7, 11) is 0. The number of anilines is 1. The summed E-state index contributed by atoms with van der Waals surface area (Å²) >= 11 is 0. The van der Waals surface area contributed by atoms with Crippen LogP contribution in [-0.2, 0) is 17.6 Å². The van der Waals surface area contributed by atoms with Crippen molar-refractivity contribution in [1.82, 2.24) is 5.32 Å². The molecule has 0 radical (unpaired) electrons. The summed E-state index contributed by atoms with van der Waals surface area (Å²) in [6.07, 6.45) is 6.11. The van der Waals surface area contributed by atoms with Crippen molar-refractivity contribution in [3.63, 3.8) is 0 Å². The van der Waals surface area contributed by atoms with Crippen LogP contribution in [0.5, 0.6) is 5.75 Å². The Kier molecular flexibility index (Phi) is 6.91. The number of fused-ring (bicyclic) bond motifs is 1. The molecular formula is C24H27N3O2. The van der Waals surface area contributed by atoms with E-state index in [-0.39, 0.29) is 11.6 Å². The summed E-state index contributed by atoms with van der Waals surface area (Å²) in [5, 5.41) is 15.4. The van der Waals surface area contributed by atoms with Gasteiger partial charge in [-0.3, -0.25) is 4.79 Å². The van der Waals surface area contributed by atoms with Crippen LogP contribution in [0.1, 0.15) is 49.4 Å². The molecule has 3 rings (SSSR count). The van der Waals surface area contributed by atoms with Crippen molar-refractivity contribution >= 4 is 11.6 Å². The van der Waals surface area contributed by atoms with E-state index in [1.54, 1.807) is 0 Å². The molecule has 2 aromatic rings. The van der Waals surface area contributed by atoms with Crippen LogP contribution in [-0.4, -0.2) is 12.5 Å². The van der Waals surface area contributed by atoms with Crippen molar-refractivity contribution in [2.75, 3.05) is 11.9 Å². The second-order valence-corrected chi connectivity index (χ2v) is 7.17. The first-order valence-corrected chi connectivity index (χ1v) is 10.1. The molecule has 0 heterocycles. The van der Waals surface area contributed by atoms with Gasteiger partial charge in [0, 0.05) is 6.20 Å². The molecule has 150 valence electrons. The Bertz CT molecular complexity index is 943. The van der Waals surface area contributed by atoms with Gasteiger partial charge >= 0.3 is 0 Å². The third-order valence-electron chi connectivity index (χ3n) is 5.14. The minimum Gasteiger partial charge on any atom is -0.492 e. The van der Waals surface area contributed by atoms with Gasteiger partial charge in [0.25, 0.3) is 5.91 Å².